The highest BCUT2D eigenvalue weighted by atomic mass is 16.1. The summed E-state index contributed by atoms with van der Waals surface area (Å²) in [5.41, 5.74) is 1.79. The Kier molecular flexibility index (Phi) is 2.72. The van der Waals surface area contributed by atoms with Crippen molar-refractivity contribution in [1.82, 2.24) is 9.78 Å². The van der Waals surface area contributed by atoms with Crippen LogP contribution in [0, 0.1) is 0 Å². The van der Waals surface area contributed by atoms with Crippen LogP contribution >= 0.6 is 0 Å². The molecule has 1 aromatic heterocycles. The van der Waals surface area contributed by atoms with Crippen molar-refractivity contribution in [2.24, 2.45) is 0 Å². The van der Waals surface area contributed by atoms with E-state index in [0.29, 0.717) is 0 Å². The summed E-state index contributed by atoms with van der Waals surface area (Å²) in [5, 5.41) is 2.98. The summed E-state index contributed by atoms with van der Waals surface area (Å²) < 4.78 is 1.57. The summed E-state index contributed by atoms with van der Waals surface area (Å²) in [5.74, 6) is 0. The van der Waals surface area contributed by atoms with E-state index in [9.17, 15) is 4.79 Å². The van der Waals surface area contributed by atoms with Gasteiger partial charge in [0.2, 0.25) is 0 Å². The number of para-hydroxylation sites is 1. The molecule has 0 saturated carbocycles. The number of nitrogens with zero attached hydrogens (tertiary/aromatic N) is 1. The maximum Gasteiger partial charge on any atom is 0.274 e. The smallest absolute Gasteiger partial charge is 0.274 e. The van der Waals surface area contributed by atoms with Gasteiger partial charge in [0.05, 0.1) is 5.69 Å². The molecule has 0 amide bonds. The summed E-state index contributed by atoms with van der Waals surface area (Å²) in [4.78, 5) is 11.9. The Hall–Kier alpha value is -1.77. The fourth-order valence-electron chi connectivity index (χ4n) is 1.62. The lowest BCUT2D eigenvalue weighted by atomic mass is 10.2. The average molecular weight is 202 g/mol. The highest BCUT2D eigenvalue weighted by molar-refractivity contribution is 5.30. The number of rotatable bonds is 3. The van der Waals surface area contributed by atoms with Crippen molar-refractivity contribution in [1.29, 1.82) is 0 Å². The van der Waals surface area contributed by atoms with Crippen LogP contribution in [0.2, 0.25) is 0 Å². The molecule has 0 aliphatic rings. The first-order valence-corrected chi connectivity index (χ1v) is 5.17. The molecule has 0 saturated heterocycles. The number of hydrogen-bond acceptors (Lipinski definition) is 1. The quantitative estimate of drug-likeness (QED) is 0.813. The number of hydrogen-bond donors (Lipinski definition) is 1. The highest BCUT2D eigenvalue weighted by Gasteiger charge is 2.05. The third kappa shape index (κ3) is 1.86. The second-order valence-electron chi connectivity index (χ2n) is 3.52. The lowest BCUT2D eigenvalue weighted by Crippen LogP contribution is -2.17. The standard InChI is InChI=1S/C12H14N2O/c1-2-6-10-9-13-14(12(10)15)11-7-4-3-5-8-11/h3-5,7-9,13H,2,6H2,1H3. The lowest BCUT2D eigenvalue weighted by Gasteiger charge is -1.99. The Morgan fingerprint density at radius 2 is 2.00 bits per heavy atom. The van der Waals surface area contributed by atoms with Crippen molar-refractivity contribution in [3.63, 3.8) is 0 Å². The number of benzene rings is 1. The molecule has 1 aromatic carbocycles. The van der Waals surface area contributed by atoms with E-state index in [4.69, 9.17) is 0 Å². The van der Waals surface area contributed by atoms with Gasteiger partial charge in [0.15, 0.2) is 0 Å². The molecular weight excluding hydrogens is 188 g/mol. The summed E-state index contributed by atoms with van der Waals surface area (Å²) in [6, 6.07) is 9.59. The second-order valence-corrected chi connectivity index (χ2v) is 3.52. The third-order valence-corrected chi connectivity index (χ3v) is 2.38. The van der Waals surface area contributed by atoms with Crippen LogP contribution in [-0.2, 0) is 6.42 Å². The van der Waals surface area contributed by atoms with E-state index in [1.807, 2.05) is 30.3 Å². The molecule has 0 spiro atoms. The van der Waals surface area contributed by atoms with E-state index in [0.717, 1.165) is 24.1 Å². The van der Waals surface area contributed by atoms with Crippen LogP contribution in [0.3, 0.4) is 0 Å². The van der Waals surface area contributed by atoms with Crippen molar-refractivity contribution < 1.29 is 0 Å². The monoisotopic (exact) mass is 202 g/mol. The van der Waals surface area contributed by atoms with Crippen molar-refractivity contribution in [2.75, 3.05) is 0 Å². The van der Waals surface area contributed by atoms with Gasteiger partial charge >= 0.3 is 0 Å². The van der Waals surface area contributed by atoms with Crippen molar-refractivity contribution in [2.45, 2.75) is 19.8 Å². The minimum Gasteiger partial charge on any atom is -0.298 e. The molecular formula is C12H14N2O. The molecule has 3 nitrogen and oxygen atoms in total. The number of nitrogens with one attached hydrogen (secondary N) is 1. The van der Waals surface area contributed by atoms with Crippen LogP contribution in [0.4, 0.5) is 0 Å². The molecule has 0 fully saturated rings. The molecule has 0 bridgehead atoms. The topological polar surface area (TPSA) is 37.8 Å². The second kappa shape index (κ2) is 4.17. The molecule has 0 radical (unpaired) electrons. The van der Waals surface area contributed by atoms with Crippen LogP contribution in [0.15, 0.2) is 41.3 Å². The maximum absolute atomic E-state index is 11.9. The number of aromatic nitrogens is 2. The van der Waals surface area contributed by atoms with Crippen molar-refractivity contribution in [3.8, 4) is 5.69 Å². The summed E-state index contributed by atoms with van der Waals surface area (Å²) in [6.07, 6.45) is 3.61. The Balaban J connectivity index is 2.43. The van der Waals surface area contributed by atoms with Gasteiger partial charge in [0.1, 0.15) is 0 Å². The lowest BCUT2D eigenvalue weighted by molar-refractivity contribution is 0.841. The number of H-pyrrole nitrogens is 1. The van der Waals surface area contributed by atoms with Gasteiger partial charge in [-0.25, -0.2) is 4.68 Å². The molecule has 15 heavy (non-hydrogen) atoms. The zero-order chi connectivity index (χ0) is 10.7. The van der Waals surface area contributed by atoms with E-state index < -0.39 is 0 Å². The first-order valence-electron chi connectivity index (χ1n) is 5.17. The maximum atomic E-state index is 11.9. The Labute approximate surface area is 88.4 Å². The summed E-state index contributed by atoms with van der Waals surface area (Å²) in [7, 11) is 0. The van der Waals surface area contributed by atoms with E-state index in [2.05, 4.69) is 12.0 Å². The van der Waals surface area contributed by atoms with Gasteiger partial charge in [-0.1, -0.05) is 31.5 Å². The van der Waals surface area contributed by atoms with E-state index in [1.54, 1.807) is 10.9 Å². The fraction of sp³-hybridized carbons (Fsp3) is 0.250. The van der Waals surface area contributed by atoms with E-state index in [1.165, 1.54) is 0 Å². The normalized spacial score (nSPS) is 10.5. The zero-order valence-electron chi connectivity index (χ0n) is 8.73. The van der Waals surface area contributed by atoms with Gasteiger partial charge in [-0.05, 0) is 18.6 Å². The molecule has 2 aromatic rings. The van der Waals surface area contributed by atoms with Crippen molar-refractivity contribution in [3.05, 3.63) is 52.4 Å². The van der Waals surface area contributed by atoms with Gasteiger partial charge < -0.3 is 0 Å². The molecule has 1 N–H and O–H groups in total. The van der Waals surface area contributed by atoms with Gasteiger partial charge in [0, 0.05) is 11.8 Å². The van der Waals surface area contributed by atoms with Crippen LogP contribution in [0.25, 0.3) is 5.69 Å². The third-order valence-electron chi connectivity index (χ3n) is 2.38. The fourth-order valence-corrected chi connectivity index (χ4v) is 1.62. The first-order chi connectivity index (χ1) is 7.33. The summed E-state index contributed by atoms with van der Waals surface area (Å²) in [6.45, 7) is 2.07. The van der Waals surface area contributed by atoms with E-state index >= 15 is 0 Å². The zero-order valence-corrected chi connectivity index (χ0v) is 8.73. The minimum absolute atomic E-state index is 0.0584. The molecule has 0 aliphatic carbocycles. The number of aryl methyl sites for hydroxylation is 1. The van der Waals surface area contributed by atoms with Crippen LogP contribution < -0.4 is 5.56 Å². The Morgan fingerprint density at radius 3 is 2.67 bits per heavy atom. The largest absolute Gasteiger partial charge is 0.298 e. The van der Waals surface area contributed by atoms with Gasteiger partial charge in [-0.3, -0.25) is 9.89 Å². The van der Waals surface area contributed by atoms with Gasteiger partial charge in [0.25, 0.3) is 5.56 Å². The minimum atomic E-state index is 0.0584. The molecule has 2 rings (SSSR count). The average Bonchev–Trinajstić information content (AvgIpc) is 2.63. The van der Waals surface area contributed by atoms with E-state index in [-0.39, 0.29) is 5.56 Å². The highest BCUT2D eigenvalue weighted by Crippen LogP contribution is 2.03. The molecule has 0 aliphatic heterocycles. The van der Waals surface area contributed by atoms with Gasteiger partial charge in [-0.15, -0.1) is 0 Å². The van der Waals surface area contributed by atoms with Crippen LogP contribution in [0.5, 0.6) is 0 Å². The molecule has 78 valence electrons. The summed E-state index contributed by atoms with van der Waals surface area (Å²) >= 11 is 0. The van der Waals surface area contributed by atoms with Crippen LogP contribution in [-0.4, -0.2) is 9.78 Å². The molecule has 0 atom stereocenters. The molecule has 1 heterocycles. The van der Waals surface area contributed by atoms with Crippen molar-refractivity contribution >= 4 is 0 Å². The Bertz CT molecular complexity index is 482. The SMILES string of the molecule is CCCc1c[nH]n(-c2ccccc2)c1=O. The van der Waals surface area contributed by atoms with Crippen LogP contribution in [0.1, 0.15) is 18.9 Å². The Morgan fingerprint density at radius 1 is 1.27 bits per heavy atom. The predicted octanol–water partition coefficient (Wildman–Crippen LogP) is 2.12. The van der Waals surface area contributed by atoms with Gasteiger partial charge in [-0.2, -0.15) is 0 Å². The molecule has 0 unspecified atom stereocenters. The number of aromatic amines is 1. The predicted molar refractivity (Wildman–Crippen MR) is 60.4 cm³/mol. The molecule has 3 heteroatoms. The first kappa shape index (κ1) is 9.77.